The summed E-state index contributed by atoms with van der Waals surface area (Å²) in [6.07, 6.45) is 0.960. The quantitative estimate of drug-likeness (QED) is 0.867. The average molecular weight is 248 g/mol. The van der Waals surface area contributed by atoms with E-state index in [1.807, 2.05) is 43.0 Å². The second-order valence-corrected chi connectivity index (χ2v) is 5.06. The van der Waals surface area contributed by atoms with Crippen LogP contribution in [0.15, 0.2) is 24.3 Å². The lowest BCUT2D eigenvalue weighted by atomic mass is 10.0. The number of amides is 1. The average Bonchev–Trinajstić information content (AvgIpc) is 2.50. The first-order valence-corrected chi connectivity index (χ1v) is 6.25. The number of benzene rings is 1. The SMILES string of the molecule is COc1ccc(N2CCCNC(C)(C)C2=O)cc1. The summed E-state index contributed by atoms with van der Waals surface area (Å²) in [5.41, 5.74) is 0.425. The molecule has 1 aliphatic rings. The van der Waals surface area contributed by atoms with Gasteiger partial charge in [0, 0.05) is 12.2 Å². The van der Waals surface area contributed by atoms with Crippen LogP contribution in [0.5, 0.6) is 5.75 Å². The van der Waals surface area contributed by atoms with E-state index in [2.05, 4.69) is 5.32 Å². The fraction of sp³-hybridized carbons (Fsp3) is 0.500. The van der Waals surface area contributed by atoms with Crippen LogP contribution in [0, 0.1) is 0 Å². The molecule has 0 atom stereocenters. The van der Waals surface area contributed by atoms with Crippen LogP contribution in [0.4, 0.5) is 5.69 Å². The van der Waals surface area contributed by atoms with Crippen molar-refractivity contribution in [3.63, 3.8) is 0 Å². The fourth-order valence-electron chi connectivity index (χ4n) is 2.16. The van der Waals surface area contributed by atoms with E-state index in [0.717, 1.165) is 30.9 Å². The molecular formula is C14H20N2O2. The number of hydrogen-bond acceptors (Lipinski definition) is 3. The van der Waals surface area contributed by atoms with E-state index < -0.39 is 5.54 Å². The van der Waals surface area contributed by atoms with E-state index in [1.54, 1.807) is 7.11 Å². The Labute approximate surface area is 108 Å². The molecule has 1 heterocycles. The zero-order valence-electron chi connectivity index (χ0n) is 11.2. The molecule has 0 aliphatic carbocycles. The largest absolute Gasteiger partial charge is 0.497 e. The minimum atomic E-state index is -0.504. The second kappa shape index (κ2) is 4.98. The maximum Gasteiger partial charge on any atom is 0.246 e. The number of nitrogens with one attached hydrogen (secondary N) is 1. The molecule has 0 aromatic heterocycles. The maximum atomic E-state index is 12.5. The first-order chi connectivity index (χ1) is 8.54. The van der Waals surface area contributed by atoms with Gasteiger partial charge >= 0.3 is 0 Å². The minimum Gasteiger partial charge on any atom is -0.497 e. The summed E-state index contributed by atoms with van der Waals surface area (Å²) in [6, 6.07) is 7.62. The molecule has 0 bridgehead atoms. The summed E-state index contributed by atoms with van der Waals surface area (Å²) < 4.78 is 5.13. The van der Waals surface area contributed by atoms with Gasteiger partial charge in [-0.2, -0.15) is 0 Å². The van der Waals surface area contributed by atoms with Crippen molar-refractivity contribution in [2.24, 2.45) is 0 Å². The Morgan fingerprint density at radius 1 is 1.28 bits per heavy atom. The molecule has 0 unspecified atom stereocenters. The van der Waals surface area contributed by atoms with Crippen molar-refractivity contribution in [2.45, 2.75) is 25.8 Å². The Hall–Kier alpha value is -1.55. The molecule has 1 aromatic rings. The maximum absolute atomic E-state index is 12.5. The van der Waals surface area contributed by atoms with Crippen LogP contribution in [-0.2, 0) is 4.79 Å². The summed E-state index contributed by atoms with van der Waals surface area (Å²) >= 11 is 0. The van der Waals surface area contributed by atoms with E-state index in [9.17, 15) is 4.79 Å². The summed E-state index contributed by atoms with van der Waals surface area (Å²) in [7, 11) is 1.64. The van der Waals surface area contributed by atoms with Gasteiger partial charge < -0.3 is 15.0 Å². The highest BCUT2D eigenvalue weighted by Gasteiger charge is 2.34. The van der Waals surface area contributed by atoms with Gasteiger partial charge in [0.25, 0.3) is 0 Å². The molecule has 1 N–H and O–H groups in total. The van der Waals surface area contributed by atoms with Gasteiger partial charge in [-0.25, -0.2) is 0 Å². The van der Waals surface area contributed by atoms with Gasteiger partial charge in [-0.15, -0.1) is 0 Å². The van der Waals surface area contributed by atoms with Gasteiger partial charge in [-0.05, 0) is 51.1 Å². The normalized spacial score (nSPS) is 19.5. The van der Waals surface area contributed by atoms with Crippen LogP contribution in [0.25, 0.3) is 0 Å². The zero-order valence-corrected chi connectivity index (χ0v) is 11.2. The van der Waals surface area contributed by atoms with E-state index in [1.165, 1.54) is 0 Å². The number of ether oxygens (including phenoxy) is 1. The Kier molecular flexibility index (Phi) is 3.57. The van der Waals surface area contributed by atoms with Crippen LogP contribution in [0.2, 0.25) is 0 Å². The van der Waals surface area contributed by atoms with Crippen molar-refractivity contribution < 1.29 is 9.53 Å². The number of carbonyl (C=O) groups is 1. The number of rotatable bonds is 2. The summed E-state index contributed by atoms with van der Waals surface area (Å²) in [6.45, 7) is 5.47. The van der Waals surface area contributed by atoms with E-state index in [-0.39, 0.29) is 5.91 Å². The van der Waals surface area contributed by atoms with Gasteiger partial charge in [-0.3, -0.25) is 4.79 Å². The van der Waals surface area contributed by atoms with Crippen LogP contribution < -0.4 is 15.0 Å². The van der Waals surface area contributed by atoms with Crippen molar-refractivity contribution in [1.82, 2.24) is 5.32 Å². The van der Waals surface area contributed by atoms with Crippen LogP contribution in [-0.4, -0.2) is 31.6 Å². The predicted molar refractivity (Wildman–Crippen MR) is 72.0 cm³/mol. The van der Waals surface area contributed by atoms with Gasteiger partial charge in [0.2, 0.25) is 5.91 Å². The van der Waals surface area contributed by atoms with Crippen molar-refractivity contribution in [3.8, 4) is 5.75 Å². The number of nitrogens with zero attached hydrogens (tertiary/aromatic N) is 1. The molecule has 0 radical (unpaired) electrons. The molecule has 0 spiro atoms. The highest BCUT2D eigenvalue weighted by atomic mass is 16.5. The number of anilines is 1. The number of carbonyl (C=O) groups excluding carboxylic acids is 1. The van der Waals surface area contributed by atoms with E-state index in [4.69, 9.17) is 4.74 Å². The van der Waals surface area contributed by atoms with Crippen molar-refractivity contribution >= 4 is 11.6 Å². The summed E-state index contributed by atoms with van der Waals surface area (Å²) in [5, 5.41) is 3.28. The topological polar surface area (TPSA) is 41.6 Å². The molecule has 1 fully saturated rings. The van der Waals surface area contributed by atoms with Crippen LogP contribution in [0.1, 0.15) is 20.3 Å². The lowest BCUT2D eigenvalue weighted by Gasteiger charge is -2.29. The molecule has 1 amide bonds. The van der Waals surface area contributed by atoms with Crippen LogP contribution in [0.3, 0.4) is 0 Å². The fourth-order valence-corrected chi connectivity index (χ4v) is 2.16. The molecule has 1 aromatic carbocycles. The van der Waals surface area contributed by atoms with Gasteiger partial charge in [0.05, 0.1) is 12.6 Å². The Bertz CT molecular complexity index is 426. The molecule has 1 aliphatic heterocycles. The smallest absolute Gasteiger partial charge is 0.246 e. The molecule has 98 valence electrons. The summed E-state index contributed by atoms with van der Waals surface area (Å²) in [5.74, 6) is 0.920. The third kappa shape index (κ3) is 2.48. The van der Waals surface area contributed by atoms with E-state index >= 15 is 0 Å². The Morgan fingerprint density at radius 2 is 1.94 bits per heavy atom. The summed E-state index contributed by atoms with van der Waals surface area (Å²) in [4.78, 5) is 14.3. The molecule has 18 heavy (non-hydrogen) atoms. The second-order valence-electron chi connectivity index (χ2n) is 5.06. The molecule has 4 heteroatoms. The number of methoxy groups -OCH3 is 1. The van der Waals surface area contributed by atoms with Gasteiger partial charge in [0.1, 0.15) is 5.75 Å². The predicted octanol–water partition coefficient (Wildman–Crippen LogP) is 1.80. The molecule has 1 saturated heterocycles. The zero-order chi connectivity index (χ0) is 13.2. The molecule has 0 saturated carbocycles. The van der Waals surface area contributed by atoms with Gasteiger partial charge in [-0.1, -0.05) is 0 Å². The monoisotopic (exact) mass is 248 g/mol. The third-order valence-corrected chi connectivity index (χ3v) is 3.29. The lowest BCUT2D eigenvalue weighted by Crippen LogP contribution is -2.51. The lowest BCUT2D eigenvalue weighted by molar-refractivity contribution is -0.123. The van der Waals surface area contributed by atoms with E-state index in [0.29, 0.717) is 0 Å². The van der Waals surface area contributed by atoms with Crippen molar-refractivity contribution in [1.29, 1.82) is 0 Å². The molecule has 4 nitrogen and oxygen atoms in total. The van der Waals surface area contributed by atoms with Crippen LogP contribution >= 0.6 is 0 Å². The van der Waals surface area contributed by atoms with Gasteiger partial charge in [0.15, 0.2) is 0 Å². The first-order valence-electron chi connectivity index (χ1n) is 6.25. The minimum absolute atomic E-state index is 0.116. The molecular weight excluding hydrogens is 228 g/mol. The standard InChI is InChI=1S/C14H20N2O2/c1-14(2)13(17)16(10-4-9-15-14)11-5-7-12(18-3)8-6-11/h5-8,15H,4,9-10H2,1-3H3. The highest BCUT2D eigenvalue weighted by molar-refractivity contribution is 6.00. The number of hydrogen-bond donors (Lipinski definition) is 1. The first kappa shape index (κ1) is 12.9. The Morgan fingerprint density at radius 3 is 2.56 bits per heavy atom. The highest BCUT2D eigenvalue weighted by Crippen LogP contribution is 2.23. The molecule has 2 rings (SSSR count). The van der Waals surface area contributed by atoms with Crippen molar-refractivity contribution in [2.75, 3.05) is 25.1 Å². The Balaban J connectivity index is 2.26. The van der Waals surface area contributed by atoms with Crippen molar-refractivity contribution in [3.05, 3.63) is 24.3 Å². The third-order valence-electron chi connectivity index (χ3n) is 3.29.